The Kier molecular flexibility index (Phi) is 20.0. The van der Waals surface area contributed by atoms with Gasteiger partial charge in [-0.05, 0) is 43.7 Å². The van der Waals surface area contributed by atoms with Crippen molar-refractivity contribution in [3.63, 3.8) is 0 Å². The van der Waals surface area contributed by atoms with Gasteiger partial charge in [0.05, 0.1) is 25.9 Å². The molecule has 0 fully saturated rings. The number of nitrogens with two attached hydrogens (primary N) is 1. The second kappa shape index (κ2) is 22.8. The third-order valence-electron chi connectivity index (χ3n) is 7.01. The minimum atomic E-state index is -0.557. The van der Waals surface area contributed by atoms with Crippen molar-refractivity contribution in [2.75, 3.05) is 46.1 Å². The van der Waals surface area contributed by atoms with Crippen molar-refractivity contribution in [2.24, 2.45) is 5.73 Å². The number of nitrogens with zero attached hydrogens (tertiary/aromatic N) is 2. The van der Waals surface area contributed by atoms with E-state index in [-0.39, 0.29) is 69.7 Å². The van der Waals surface area contributed by atoms with E-state index in [2.05, 4.69) is 29.7 Å². The molecule has 0 saturated carbocycles. The molecule has 2 aliphatic rings. The first-order valence-corrected chi connectivity index (χ1v) is 16.1. The summed E-state index contributed by atoms with van der Waals surface area (Å²) in [5.41, 5.74) is 8.66. The van der Waals surface area contributed by atoms with Crippen LogP contribution in [0.2, 0.25) is 0 Å². The predicted octanol–water partition coefficient (Wildman–Crippen LogP) is 2.09. The number of hydrogen-bond donors (Lipinski definition) is 3. The highest BCUT2D eigenvalue weighted by atomic mass is 16.5. The Hall–Kier alpha value is -3.61. The molecule has 3 rings (SSSR count). The summed E-state index contributed by atoms with van der Waals surface area (Å²) in [4.78, 5) is 62.4. The van der Waals surface area contributed by atoms with Crippen LogP contribution in [0.3, 0.4) is 0 Å². The summed E-state index contributed by atoms with van der Waals surface area (Å²) in [6.45, 7) is 12.1. The van der Waals surface area contributed by atoms with Gasteiger partial charge < -0.3 is 30.7 Å². The molecule has 1 aromatic rings. The Bertz CT molecular complexity index is 1090. The Morgan fingerprint density at radius 3 is 2.20 bits per heavy atom. The zero-order valence-corrected chi connectivity index (χ0v) is 27.6. The molecule has 0 aromatic heterocycles. The number of nitrogens with one attached hydrogen (secondary N) is 2. The lowest BCUT2D eigenvalue weighted by Crippen LogP contribution is -2.49. The first kappa shape index (κ1) is 39.4. The summed E-state index contributed by atoms with van der Waals surface area (Å²) in [6, 6.07) is 7.74. The van der Waals surface area contributed by atoms with E-state index in [9.17, 15) is 24.0 Å². The van der Waals surface area contributed by atoms with Crippen LogP contribution in [-0.4, -0.2) is 97.5 Å². The van der Waals surface area contributed by atoms with Gasteiger partial charge in [-0.25, -0.2) is 0 Å². The highest BCUT2D eigenvalue weighted by Gasteiger charge is 2.29. The average Bonchev–Trinajstić information content (AvgIpc) is 3.38. The molecular weight excluding hydrogens is 578 g/mol. The summed E-state index contributed by atoms with van der Waals surface area (Å²) in [7, 11) is 0. The molecule has 4 N–H and O–H groups in total. The number of imide groups is 1. The van der Waals surface area contributed by atoms with Gasteiger partial charge in [0.1, 0.15) is 6.61 Å². The second-order valence-corrected chi connectivity index (χ2v) is 10.2. The molecule has 5 amide bonds. The van der Waals surface area contributed by atoms with Crippen LogP contribution in [0.25, 0.3) is 0 Å². The van der Waals surface area contributed by atoms with E-state index >= 15 is 0 Å². The van der Waals surface area contributed by atoms with E-state index in [4.69, 9.17) is 15.2 Å². The molecule has 2 aliphatic heterocycles. The molecule has 252 valence electrons. The third-order valence-corrected chi connectivity index (χ3v) is 7.01. The van der Waals surface area contributed by atoms with Gasteiger partial charge in [-0.2, -0.15) is 0 Å². The van der Waals surface area contributed by atoms with Crippen molar-refractivity contribution in [3.8, 4) is 0 Å². The molecule has 0 bridgehead atoms. The monoisotopic (exact) mass is 631 g/mol. The smallest absolute Gasteiger partial charge is 0.253 e. The van der Waals surface area contributed by atoms with Crippen molar-refractivity contribution in [1.82, 2.24) is 20.4 Å². The maximum Gasteiger partial charge on any atom is 0.253 e. The Morgan fingerprint density at radius 1 is 0.889 bits per heavy atom. The zero-order chi connectivity index (χ0) is 33.6. The fourth-order valence-electron chi connectivity index (χ4n) is 4.68. The quantitative estimate of drug-likeness (QED) is 0.174. The summed E-state index contributed by atoms with van der Waals surface area (Å²) in [6.07, 6.45) is 5.21. The molecular formula is C33H53N5O7. The highest BCUT2D eigenvalue weighted by Crippen LogP contribution is 2.24. The van der Waals surface area contributed by atoms with Gasteiger partial charge in [-0.15, -0.1) is 0 Å². The van der Waals surface area contributed by atoms with Gasteiger partial charge in [0.2, 0.25) is 17.7 Å². The largest absolute Gasteiger partial charge is 0.377 e. The maximum absolute atomic E-state index is 12.9. The first-order chi connectivity index (χ1) is 21.8. The van der Waals surface area contributed by atoms with E-state index in [1.165, 1.54) is 23.3 Å². The van der Waals surface area contributed by atoms with Crippen molar-refractivity contribution < 1.29 is 33.4 Å². The lowest BCUT2D eigenvalue weighted by atomic mass is 9.94. The van der Waals surface area contributed by atoms with Gasteiger partial charge >= 0.3 is 0 Å². The van der Waals surface area contributed by atoms with Gasteiger partial charge in [0.15, 0.2) is 0 Å². The zero-order valence-electron chi connectivity index (χ0n) is 27.6. The van der Waals surface area contributed by atoms with Crippen LogP contribution in [0.1, 0.15) is 71.4 Å². The Morgan fingerprint density at radius 2 is 1.51 bits per heavy atom. The first-order valence-electron chi connectivity index (χ1n) is 16.1. The number of unbranched alkanes of at least 4 members (excludes halogenated alkanes) is 1. The highest BCUT2D eigenvalue weighted by molar-refractivity contribution is 6.13. The van der Waals surface area contributed by atoms with Crippen LogP contribution >= 0.6 is 0 Å². The molecule has 0 radical (unpaired) electrons. The third kappa shape index (κ3) is 14.4. The molecule has 1 unspecified atom stereocenters. The van der Waals surface area contributed by atoms with Crippen LogP contribution in [0, 0.1) is 0 Å². The standard InChI is InChI=1S/C29H41N5O7.2C2H6/c1-21-18-22-6-2-3-7-23(22)19-34(21)29(39)24(30)8-4-5-12-31-26(36)20-41-17-16-40-15-13-32-25(35)11-14-33-27(37)9-10-28(33)38;2*1-2/h2-3,6-7,9-10,21,24H,4-5,8,11-20,30H2,1H3,(H,31,36)(H,32,35);2*1-2H3/t21-,24?;;/m1../s1. The van der Waals surface area contributed by atoms with Gasteiger partial charge in [-0.1, -0.05) is 52.0 Å². The lowest BCUT2D eigenvalue weighted by molar-refractivity contribution is -0.138. The SMILES string of the molecule is CC.CC.C[C@@H]1Cc2ccccc2CN1C(=O)C(N)CCCCNC(=O)COCCOCCNC(=O)CCN1C(=O)C=CC1=O. The number of carbonyl (C=O) groups excluding carboxylic acids is 5. The molecule has 0 aliphatic carbocycles. The van der Waals surface area contributed by atoms with Crippen molar-refractivity contribution in [1.29, 1.82) is 0 Å². The van der Waals surface area contributed by atoms with Gasteiger partial charge in [-0.3, -0.25) is 28.9 Å². The van der Waals surface area contributed by atoms with Crippen LogP contribution in [-0.2, 0) is 46.4 Å². The number of amides is 5. The molecule has 12 nitrogen and oxygen atoms in total. The van der Waals surface area contributed by atoms with Crippen molar-refractivity contribution >= 4 is 29.5 Å². The van der Waals surface area contributed by atoms with E-state index in [1.807, 2.05) is 44.7 Å². The summed E-state index contributed by atoms with van der Waals surface area (Å²) in [5, 5.41) is 5.44. The Balaban J connectivity index is 0.00000243. The summed E-state index contributed by atoms with van der Waals surface area (Å²) < 4.78 is 10.7. The molecule has 12 heteroatoms. The maximum atomic E-state index is 12.9. The fourth-order valence-corrected chi connectivity index (χ4v) is 4.68. The van der Waals surface area contributed by atoms with Crippen molar-refractivity contribution in [3.05, 3.63) is 47.5 Å². The van der Waals surface area contributed by atoms with Crippen LogP contribution in [0.5, 0.6) is 0 Å². The van der Waals surface area contributed by atoms with Crippen molar-refractivity contribution in [2.45, 2.75) is 85.4 Å². The minimum Gasteiger partial charge on any atom is -0.377 e. The molecule has 0 spiro atoms. The average molecular weight is 632 g/mol. The molecule has 2 heterocycles. The number of benzene rings is 1. The van der Waals surface area contributed by atoms with Crippen LogP contribution in [0.4, 0.5) is 0 Å². The van der Waals surface area contributed by atoms with Crippen LogP contribution < -0.4 is 16.4 Å². The number of fused-ring (bicyclic) bond motifs is 1. The summed E-state index contributed by atoms with van der Waals surface area (Å²) in [5.74, 6) is -1.38. The van der Waals surface area contributed by atoms with Crippen LogP contribution in [0.15, 0.2) is 36.4 Å². The molecule has 2 atom stereocenters. The predicted molar refractivity (Wildman–Crippen MR) is 173 cm³/mol. The fraction of sp³-hybridized carbons (Fsp3) is 0.606. The number of ether oxygens (including phenoxy) is 2. The van der Waals surface area contributed by atoms with Gasteiger partial charge in [0.25, 0.3) is 11.8 Å². The number of hydrogen-bond acceptors (Lipinski definition) is 8. The molecule has 1 aromatic carbocycles. The minimum absolute atomic E-state index is 0.0235. The van der Waals surface area contributed by atoms with E-state index in [0.29, 0.717) is 25.9 Å². The summed E-state index contributed by atoms with van der Waals surface area (Å²) >= 11 is 0. The Labute approximate surface area is 268 Å². The molecule has 0 saturated heterocycles. The topological polar surface area (TPSA) is 160 Å². The van der Waals surface area contributed by atoms with Gasteiger partial charge in [0, 0.05) is 50.8 Å². The molecule has 45 heavy (non-hydrogen) atoms. The number of rotatable bonds is 17. The lowest BCUT2D eigenvalue weighted by Gasteiger charge is -2.36. The van der Waals surface area contributed by atoms with E-state index in [0.717, 1.165) is 17.7 Å². The second-order valence-electron chi connectivity index (χ2n) is 10.2. The van der Waals surface area contributed by atoms with E-state index in [1.54, 1.807) is 0 Å². The van der Waals surface area contributed by atoms with E-state index < -0.39 is 17.9 Å². The normalized spacial score (nSPS) is 15.7. The number of carbonyl (C=O) groups is 5.